The van der Waals surface area contributed by atoms with Crippen molar-refractivity contribution in [2.45, 2.75) is 0 Å². The number of Topliss-reactive ketones (excluding diaryl/α,β-unsaturated/α-hetero) is 1. The molecule has 0 aliphatic carbocycles. The van der Waals surface area contributed by atoms with Crippen molar-refractivity contribution in [3.8, 4) is 0 Å². The molecule has 3 rings (SSSR count). The Hall–Kier alpha value is -2.39. The average molecular weight is 325 g/mol. The monoisotopic (exact) mass is 324 g/mol. The number of halogens is 1. The molecular weight excluding hydrogens is 308 g/mol. The molecule has 2 aromatic carbocycles. The molecule has 0 radical (unpaired) electrons. The standard InChI is InChI=1S/C19H17ClN2O/c1-22(2)12-13-11-21-18(16-9-5-6-10-17(16)20)14-7-3-4-8-15(14)19(13)23/h3-10,12H,11H2,1-2H3. The molecule has 0 unspecified atom stereocenters. The predicted octanol–water partition coefficient (Wildman–Crippen LogP) is 3.82. The van der Waals surface area contributed by atoms with Gasteiger partial charge in [-0.25, -0.2) is 0 Å². The Labute approximate surface area is 140 Å². The number of benzene rings is 2. The van der Waals surface area contributed by atoms with E-state index in [1.165, 1.54) is 0 Å². The summed E-state index contributed by atoms with van der Waals surface area (Å²) in [6, 6.07) is 15.1. The maximum absolute atomic E-state index is 12.8. The van der Waals surface area contributed by atoms with Crippen LogP contribution in [0.25, 0.3) is 0 Å². The second-order valence-corrected chi connectivity index (χ2v) is 6.04. The predicted molar refractivity (Wildman–Crippen MR) is 94.5 cm³/mol. The fourth-order valence-corrected chi connectivity index (χ4v) is 2.90. The Morgan fingerprint density at radius 2 is 1.61 bits per heavy atom. The van der Waals surface area contributed by atoms with Gasteiger partial charge in [0.2, 0.25) is 0 Å². The van der Waals surface area contributed by atoms with Crippen molar-refractivity contribution in [3.63, 3.8) is 0 Å². The van der Waals surface area contributed by atoms with Gasteiger partial charge in [0.25, 0.3) is 0 Å². The van der Waals surface area contributed by atoms with Crippen molar-refractivity contribution in [1.29, 1.82) is 0 Å². The van der Waals surface area contributed by atoms with Gasteiger partial charge in [-0.2, -0.15) is 0 Å². The summed E-state index contributed by atoms with van der Waals surface area (Å²) in [5, 5.41) is 0.633. The molecular formula is C19H17ClN2O. The number of hydrogen-bond acceptors (Lipinski definition) is 3. The van der Waals surface area contributed by atoms with Crippen molar-refractivity contribution in [2.24, 2.45) is 4.99 Å². The highest BCUT2D eigenvalue weighted by Gasteiger charge is 2.24. The Kier molecular flexibility index (Phi) is 4.30. The lowest BCUT2D eigenvalue weighted by Gasteiger charge is -2.10. The van der Waals surface area contributed by atoms with E-state index >= 15 is 0 Å². The number of rotatable bonds is 2. The third-order valence-corrected chi connectivity index (χ3v) is 4.00. The zero-order chi connectivity index (χ0) is 16.4. The van der Waals surface area contributed by atoms with E-state index < -0.39 is 0 Å². The van der Waals surface area contributed by atoms with Crippen LogP contribution in [0.15, 0.2) is 65.3 Å². The number of carbonyl (C=O) groups is 1. The second kappa shape index (κ2) is 6.39. The first-order valence-electron chi connectivity index (χ1n) is 7.38. The number of nitrogens with zero attached hydrogens (tertiary/aromatic N) is 2. The van der Waals surface area contributed by atoms with Gasteiger partial charge in [-0.15, -0.1) is 0 Å². The average Bonchev–Trinajstić information content (AvgIpc) is 2.67. The molecule has 116 valence electrons. The first kappa shape index (κ1) is 15.5. The molecule has 0 spiro atoms. The first-order chi connectivity index (χ1) is 11.1. The van der Waals surface area contributed by atoms with E-state index in [1.807, 2.05) is 73.7 Å². The number of ketones is 1. The molecule has 1 aliphatic rings. The molecule has 4 heteroatoms. The zero-order valence-electron chi connectivity index (χ0n) is 13.1. The fourth-order valence-electron chi connectivity index (χ4n) is 2.68. The van der Waals surface area contributed by atoms with Gasteiger partial charge in [0.1, 0.15) is 0 Å². The number of carbonyl (C=O) groups excluding carboxylic acids is 1. The van der Waals surface area contributed by atoms with Crippen molar-refractivity contribution >= 4 is 23.1 Å². The van der Waals surface area contributed by atoms with Crippen LogP contribution in [0, 0.1) is 0 Å². The third-order valence-electron chi connectivity index (χ3n) is 3.67. The van der Waals surface area contributed by atoms with Crippen molar-refractivity contribution in [3.05, 3.63) is 82.0 Å². The van der Waals surface area contributed by atoms with Crippen LogP contribution >= 0.6 is 11.6 Å². The Morgan fingerprint density at radius 1 is 1.00 bits per heavy atom. The highest BCUT2D eigenvalue weighted by molar-refractivity contribution is 6.36. The van der Waals surface area contributed by atoms with E-state index in [0.717, 1.165) is 16.8 Å². The van der Waals surface area contributed by atoms with E-state index in [1.54, 1.807) is 0 Å². The fraction of sp³-hybridized carbons (Fsp3) is 0.158. The summed E-state index contributed by atoms with van der Waals surface area (Å²) in [5.74, 6) is 0.0140. The molecule has 23 heavy (non-hydrogen) atoms. The lowest BCUT2D eigenvalue weighted by Crippen LogP contribution is -2.12. The van der Waals surface area contributed by atoms with Gasteiger partial charge >= 0.3 is 0 Å². The van der Waals surface area contributed by atoms with Crippen LogP contribution in [-0.4, -0.2) is 37.0 Å². The molecule has 0 saturated heterocycles. The van der Waals surface area contributed by atoms with Gasteiger partial charge in [-0.3, -0.25) is 9.79 Å². The quantitative estimate of drug-likeness (QED) is 0.787. The van der Waals surface area contributed by atoms with Crippen LogP contribution in [0.4, 0.5) is 0 Å². The van der Waals surface area contributed by atoms with E-state index in [9.17, 15) is 4.79 Å². The topological polar surface area (TPSA) is 32.7 Å². The maximum Gasteiger partial charge on any atom is 0.193 e. The molecule has 0 amide bonds. The molecule has 3 nitrogen and oxygen atoms in total. The van der Waals surface area contributed by atoms with Crippen LogP contribution in [-0.2, 0) is 0 Å². The molecule has 0 N–H and O–H groups in total. The van der Waals surface area contributed by atoms with Crippen molar-refractivity contribution in [2.75, 3.05) is 20.6 Å². The van der Waals surface area contributed by atoms with Gasteiger partial charge in [0.15, 0.2) is 5.78 Å². The van der Waals surface area contributed by atoms with Crippen LogP contribution < -0.4 is 0 Å². The van der Waals surface area contributed by atoms with Crippen LogP contribution in [0.2, 0.25) is 5.02 Å². The lowest BCUT2D eigenvalue weighted by molar-refractivity contribution is 0.103. The molecule has 0 saturated carbocycles. The van der Waals surface area contributed by atoms with Gasteiger partial charge < -0.3 is 4.90 Å². The van der Waals surface area contributed by atoms with Crippen LogP contribution in [0.5, 0.6) is 0 Å². The summed E-state index contributed by atoms with van der Waals surface area (Å²) in [5.41, 5.74) is 3.77. The van der Waals surface area contributed by atoms with E-state index in [-0.39, 0.29) is 5.78 Å². The van der Waals surface area contributed by atoms with Crippen LogP contribution in [0.1, 0.15) is 21.5 Å². The smallest absolute Gasteiger partial charge is 0.193 e. The summed E-state index contributed by atoms with van der Waals surface area (Å²) in [6.07, 6.45) is 1.83. The zero-order valence-corrected chi connectivity index (χ0v) is 13.8. The minimum atomic E-state index is 0.0140. The molecule has 1 heterocycles. The van der Waals surface area contributed by atoms with Crippen LogP contribution in [0.3, 0.4) is 0 Å². The largest absolute Gasteiger partial charge is 0.383 e. The van der Waals surface area contributed by atoms with Gasteiger partial charge in [-0.1, -0.05) is 54.1 Å². The minimum absolute atomic E-state index is 0.0140. The summed E-state index contributed by atoms with van der Waals surface area (Å²) < 4.78 is 0. The van der Waals surface area contributed by atoms with E-state index in [2.05, 4.69) is 0 Å². The highest BCUT2D eigenvalue weighted by atomic mass is 35.5. The summed E-state index contributed by atoms with van der Waals surface area (Å²) >= 11 is 6.35. The second-order valence-electron chi connectivity index (χ2n) is 5.64. The van der Waals surface area contributed by atoms with E-state index in [0.29, 0.717) is 22.7 Å². The number of hydrogen-bond donors (Lipinski definition) is 0. The minimum Gasteiger partial charge on any atom is -0.383 e. The molecule has 0 bridgehead atoms. The Morgan fingerprint density at radius 3 is 2.26 bits per heavy atom. The Bertz CT molecular complexity index is 822. The lowest BCUT2D eigenvalue weighted by atomic mass is 9.94. The molecule has 0 fully saturated rings. The van der Waals surface area contributed by atoms with Crippen molar-refractivity contribution < 1.29 is 4.79 Å². The molecule has 0 atom stereocenters. The summed E-state index contributed by atoms with van der Waals surface area (Å²) in [7, 11) is 3.80. The SMILES string of the molecule is CN(C)C=C1CN=C(c2ccccc2Cl)c2ccccc2C1=O. The third kappa shape index (κ3) is 3.06. The van der Waals surface area contributed by atoms with Gasteiger partial charge in [0, 0.05) is 47.6 Å². The summed E-state index contributed by atoms with van der Waals surface area (Å²) in [6.45, 7) is 0.340. The first-order valence-corrected chi connectivity index (χ1v) is 7.76. The number of aliphatic imine (C=N–C) groups is 1. The summed E-state index contributed by atoms with van der Waals surface area (Å²) in [4.78, 5) is 19.4. The normalized spacial score (nSPS) is 15.9. The van der Waals surface area contributed by atoms with Gasteiger partial charge in [-0.05, 0) is 6.07 Å². The van der Waals surface area contributed by atoms with Gasteiger partial charge in [0.05, 0.1) is 12.3 Å². The highest BCUT2D eigenvalue weighted by Crippen LogP contribution is 2.26. The maximum atomic E-state index is 12.8. The molecule has 0 aromatic heterocycles. The molecule has 1 aliphatic heterocycles. The number of fused-ring (bicyclic) bond motifs is 1. The molecule has 2 aromatic rings. The van der Waals surface area contributed by atoms with E-state index in [4.69, 9.17) is 16.6 Å². The Balaban J connectivity index is 2.22. The van der Waals surface area contributed by atoms with Crippen molar-refractivity contribution in [1.82, 2.24) is 4.90 Å².